The van der Waals surface area contributed by atoms with Gasteiger partial charge < -0.3 is 15.1 Å². The van der Waals surface area contributed by atoms with Crippen LogP contribution < -0.4 is 5.32 Å². The van der Waals surface area contributed by atoms with E-state index in [2.05, 4.69) is 5.32 Å². The average Bonchev–Trinajstić information content (AvgIpc) is 3.63. The number of carbonyl (C=O) groups excluding carboxylic acids is 1. The molecule has 4 rings (SSSR count). The summed E-state index contributed by atoms with van der Waals surface area (Å²) in [6.07, 6.45) is -8.85. The van der Waals surface area contributed by atoms with E-state index >= 15 is 0 Å². The van der Waals surface area contributed by atoms with E-state index in [1.165, 1.54) is 16.8 Å². The number of halogens is 9. The molecule has 0 radical (unpaired) electrons. The minimum absolute atomic E-state index is 0. The van der Waals surface area contributed by atoms with Crippen LogP contribution in [0.15, 0.2) is 36.4 Å². The SMILES string of the molecule is CN(C(=O)N(C)C1(c2cc(C(F)(F)F)cc(C(F)(F)F)c2)CC1)[C@@H]1CCNC[C@H]1c1cc(Cl)cc(Cl)c1.Cl. The molecule has 2 aliphatic rings. The highest BCUT2D eigenvalue weighted by atomic mass is 35.5. The first-order valence-electron chi connectivity index (χ1n) is 11.6. The number of hydrogen-bond acceptors (Lipinski definition) is 2. The van der Waals surface area contributed by atoms with Gasteiger partial charge in [-0.1, -0.05) is 23.2 Å². The fourth-order valence-corrected chi connectivity index (χ4v) is 5.70. The van der Waals surface area contributed by atoms with E-state index in [9.17, 15) is 31.1 Å². The molecule has 2 aromatic carbocycles. The van der Waals surface area contributed by atoms with E-state index in [4.69, 9.17) is 23.2 Å². The van der Waals surface area contributed by atoms with Crippen LogP contribution in [0.25, 0.3) is 0 Å². The van der Waals surface area contributed by atoms with Crippen molar-refractivity contribution in [2.45, 2.75) is 49.1 Å². The lowest BCUT2D eigenvalue weighted by Gasteiger charge is -2.42. The summed E-state index contributed by atoms with van der Waals surface area (Å²) >= 11 is 12.4. The van der Waals surface area contributed by atoms with E-state index in [1.54, 1.807) is 25.2 Å². The number of hydrogen-bond donors (Lipinski definition) is 1. The molecule has 0 aromatic heterocycles. The Morgan fingerprint density at radius 2 is 1.45 bits per heavy atom. The first-order valence-corrected chi connectivity index (χ1v) is 12.4. The zero-order valence-electron chi connectivity index (χ0n) is 20.4. The second-order valence-corrected chi connectivity index (χ2v) is 10.5. The Balaban J connectivity index is 0.00000400. The van der Waals surface area contributed by atoms with Gasteiger partial charge in [0.05, 0.1) is 16.7 Å². The molecule has 210 valence electrons. The van der Waals surface area contributed by atoms with Crippen molar-refractivity contribution < 1.29 is 31.1 Å². The molecule has 4 nitrogen and oxygen atoms in total. The maximum atomic E-state index is 13.6. The molecule has 0 bridgehead atoms. The molecule has 1 heterocycles. The lowest BCUT2D eigenvalue weighted by atomic mass is 9.86. The topological polar surface area (TPSA) is 35.6 Å². The Kier molecular flexibility index (Phi) is 8.83. The molecular formula is C25H26Cl3F6N3O. The average molecular weight is 605 g/mol. The second kappa shape index (κ2) is 10.9. The molecule has 2 amide bonds. The number of carbonyl (C=O) groups is 1. The summed E-state index contributed by atoms with van der Waals surface area (Å²) in [6, 6.07) is 5.88. The fourth-order valence-electron chi connectivity index (χ4n) is 5.16. The number of alkyl halides is 6. The molecule has 1 aliphatic carbocycles. The van der Waals surface area contributed by atoms with E-state index < -0.39 is 35.0 Å². The molecule has 38 heavy (non-hydrogen) atoms. The normalized spacial score (nSPS) is 20.9. The van der Waals surface area contributed by atoms with Gasteiger partial charge in [-0.2, -0.15) is 26.3 Å². The molecule has 1 saturated heterocycles. The summed E-state index contributed by atoms with van der Waals surface area (Å²) < 4.78 is 80.7. The number of nitrogens with zero attached hydrogens (tertiary/aromatic N) is 2. The molecular weight excluding hydrogens is 579 g/mol. The van der Waals surface area contributed by atoms with Crippen molar-refractivity contribution in [2.24, 2.45) is 0 Å². The van der Waals surface area contributed by atoms with Crippen molar-refractivity contribution in [3.8, 4) is 0 Å². The third-order valence-corrected chi connectivity index (χ3v) is 7.77. The van der Waals surface area contributed by atoms with Gasteiger partial charge in [-0.15, -0.1) is 12.4 Å². The largest absolute Gasteiger partial charge is 0.416 e. The number of benzene rings is 2. The second-order valence-electron chi connectivity index (χ2n) is 9.65. The van der Waals surface area contributed by atoms with E-state index in [0.29, 0.717) is 41.7 Å². The smallest absolute Gasteiger partial charge is 0.324 e. The highest BCUT2D eigenvalue weighted by Crippen LogP contribution is 2.53. The van der Waals surface area contributed by atoms with Gasteiger partial charge in [0.25, 0.3) is 0 Å². The highest BCUT2D eigenvalue weighted by Gasteiger charge is 2.53. The van der Waals surface area contributed by atoms with E-state index in [1.807, 2.05) is 0 Å². The Labute approximate surface area is 232 Å². The lowest BCUT2D eigenvalue weighted by Crippen LogP contribution is -2.53. The molecule has 2 aromatic rings. The molecule has 0 spiro atoms. The standard InChI is InChI=1S/C25H25Cl2F6N3O.ClH/c1-35(21-3-6-34-13-20(21)14-7-18(26)12-19(27)8-14)22(37)36(2)23(4-5-23)15-9-16(24(28,29)30)11-17(10-15)25(31,32)33;/h7-12,20-21,34H,3-6,13H2,1-2H3;1H/t20-,21+;/m0./s1. The number of nitrogens with one attached hydrogen (secondary N) is 1. The summed E-state index contributed by atoms with van der Waals surface area (Å²) in [5.41, 5.74) is -3.40. The first-order chi connectivity index (χ1) is 17.1. The third-order valence-electron chi connectivity index (χ3n) is 7.34. The minimum Gasteiger partial charge on any atom is -0.324 e. The van der Waals surface area contributed by atoms with E-state index in [0.717, 1.165) is 5.56 Å². The summed E-state index contributed by atoms with van der Waals surface area (Å²) in [4.78, 5) is 16.4. The molecule has 1 N–H and O–H groups in total. The van der Waals surface area contributed by atoms with Gasteiger partial charge >= 0.3 is 18.4 Å². The highest BCUT2D eigenvalue weighted by molar-refractivity contribution is 6.34. The zero-order chi connectivity index (χ0) is 27.3. The molecule has 0 unspecified atom stereocenters. The van der Waals surface area contributed by atoms with Crippen LogP contribution in [-0.2, 0) is 17.9 Å². The predicted octanol–water partition coefficient (Wildman–Crippen LogP) is 7.57. The zero-order valence-corrected chi connectivity index (χ0v) is 22.7. The van der Waals surface area contributed by atoms with Crippen molar-refractivity contribution >= 4 is 41.6 Å². The van der Waals surface area contributed by atoms with Gasteiger partial charge in [-0.05, 0) is 73.3 Å². The van der Waals surface area contributed by atoms with Crippen LogP contribution in [0.3, 0.4) is 0 Å². The number of urea groups is 1. The van der Waals surface area contributed by atoms with Crippen molar-refractivity contribution in [3.63, 3.8) is 0 Å². The van der Waals surface area contributed by atoms with Gasteiger partial charge in [0.2, 0.25) is 0 Å². The maximum Gasteiger partial charge on any atom is 0.416 e. The number of amides is 2. The molecule has 13 heteroatoms. The summed E-state index contributed by atoms with van der Waals surface area (Å²) in [7, 11) is 3.02. The van der Waals surface area contributed by atoms with Crippen molar-refractivity contribution in [3.05, 3.63) is 68.7 Å². The maximum absolute atomic E-state index is 13.6. The van der Waals surface area contributed by atoms with Gasteiger partial charge in [-0.25, -0.2) is 4.79 Å². The van der Waals surface area contributed by atoms with E-state index in [-0.39, 0.29) is 48.8 Å². The number of likely N-dealkylation sites (N-methyl/N-ethyl adjacent to an activating group) is 1. The Hall–Kier alpha value is -1.88. The Bertz CT molecular complexity index is 1130. The summed E-state index contributed by atoms with van der Waals surface area (Å²) in [5, 5.41) is 4.17. The summed E-state index contributed by atoms with van der Waals surface area (Å²) in [6.45, 7) is 1.17. The quantitative estimate of drug-likeness (QED) is 0.366. The Morgan fingerprint density at radius 1 is 0.921 bits per heavy atom. The summed E-state index contributed by atoms with van der Waals surface area (Å²) in [5.74, 6) is -0.173. The van der Waals surface area contributed by atoms with Gasteiger partial charge in [0.1, 0.15) is 0 Å². The minimum atomic E-state index is -4.97. The molecule has 2 atom stereocenters. The van der Waals surface area contributed by atoms with Crippen LogP contribution in [0.5, 0.6) is 0 Å². The van der Waals surface area contributed by atoms with Crippen LogP contribution in [0, 0.1) is 0 Å². The number of rotatable bonds is 4. The van der Waals surface area contributed by atoms with Gasteiger partial charge in [0.15, 0.2) is 0 Å². The van der Waals surface area contributed by atoms with Crippen LogP contribution in [-0.4, -0.2) is 49.1 Å². The van der Waals surface area contributed by atoms with Crippen LogP contribution in [0.4, 0.5) is 31.1 Å². The third kappa shape index (κ3) is 6.13. The first kappa shape index (κ1) is 30.7. The lowest BCUT2D eigenvalue weighted by molar-refractivity contribution is -0.143. The van der Waals surface area contributed by atoms with Gasteiger partial charge in [0, 0.05) is 42.6 Å². The number of piperidine rings is 1. The van der Waals surface area contributed by atoms with Crippen LogP contribution in [0.2, 0.25) is 10.0 Å². The fraction of sp³-hybridized carbons (Fsp3) is 0.480. The van der Waals surface area contributed by atoms with Crippen molar-refractivity contribution in [1.82, 2.24) is 15.1 Å². The van der Waals surface area contributed by atoms with Crippen molar-refractivity contribution in [2.75, 3.05) is 27.2 Å². The molecule has 1 aliphatic heterocycles. The van der Waals surface area contributed by atoms with Crippen molar-refractivity contribution in [1.29, 1.82) is 0 Å². The molecule has 2 fully saturated rings. The monoisotopic (exact) mass is 603 g/mol. The predicted molar refractivity (Wildman–Crippen MR) is 136 cm³/mol. The molecule has 1 saturated carbocycles. The van der Waals surface area contributed by atoms with Crippen LogP contribution >= 0.6 is 35.6 Å². The van der Waals surface area contributed by atoms with Crippen LogP contribution in [0.1, 0.15) is 47.4 Å². The van der Waals surface area contributed by atoms with Gasteiger partial charge in [-0.3, -0.25) is 0 Å². The Morgan fingerprint density at radius 3 is 1.92 bits per heavy atom.